The molecular weight excluding hydrogens is 306 g/mol. The van der Waals surface area contributed by atoms with Crippen molar-refractivity contribution in [2.45, 2.75) is 45.6 Å². The van der Waals surface area contributed by atoms with Crippen molar-refractivity contribution in [1.29, 1.82) is 0 Å². The second-order valence-corrected chi connectivity index (χ2v) is 6.17. The molecule has 3 N–H and O–H groups in total. The predicted octanol–water partition coefficient (Wildman–Crippen LogP) is 0.995. The van der Waals surface area contributed by atoms with Gasteiger partial charge in [0.05, 0.1) is 6.04 Å². The van der Waals surface area contributed by atoms with E-state index in [4.69, 9.17) is 0 Å². The second-order valence-electron chi connectivity index (χ2n) is 6.17. The van der Waals surface area contributed by atoms with Gasteiger partial charge in [0.15, 0.2) is 0 Å². The van der Waals surface area contributed by atoms with Crippen molar-refractivity contribution in [3.05, 3.63) is 34.9 Å². The Morgan fingerprint density at radius 3 is 2.38 bits per heavy atom. The lowest BCUT2D eigenvalue weighted by atomic mass is 9.89. The first-order chi connectivity index (χ1) is 11.5. The lowest BCUT2D eigenvalue weighted by Gasteiger charge is -2.20. The van der Waals surface area contributed by atoms with Gasteiger partial charge in [0.1, 0.15) is 0 Å². The summed E-state index contributed by atoms with van der Waals surface area (Å²) < 4.78 is 0. The molecular formula is C18H25N3O3. The van der Waals surface area contributed by atoms with Crippen LogP contribution in [0.5, 0.6) is 0 Å². The predicted molar refractivity (Wildman–Crippen MR) is 91.3 cm³/mol. The van der Waals surface area contributed by atoms with E-state index in [2.05, 4.69) is 28.1 Å². The highest BCUT2D eigenvalue weighted by Gasteiger charge is 2.18. The summed E-state index contributed by atoms with van der Waals surface area (Å²) in [6.07, 6.45) is 4.63. The van der Waals surface area contributed by atoms with Gasteiger partial charge in [-0.05, 0) is 49.3 Å². The van der Waals surface area contributed by atoms with Crippen molar-refractivity contribution in [3.8, 4) is 0 Å². The van der Waals surface area contributed by atoms with Gasteiger partial charge in [0.2, 0.25) is 5.91 Å². The van der Waals surface area contributed by atoms with Crippen molar-refractivity contribution in [2.75, 3.05) is 13.1 Å². The van der Waals surface area contributed by atoms with Crippen LogP contribution < -0.4 is 16.0 Å². The molecule has 1 aliphatic rings. The topological polar surface area (TPSA) is 87.3 Å². The molecule has 0 saturated heterocycles. The third kappa shape index (κ3) is 5.08. The molecule has 1 atom stereocenters. The van der Waals surface area contributed by atoms with Gasteiger partial charge in [-0.25, -0.2) is 0 Å². The molecule has 130 valence electrons. The van der Waals surface area contributed by atoms with Gasteiger partial charge in [-0.15, -0.1) is 0 Å². The van der Waals surface area contributed by atoms with Gasteiger partial charge in [0, 0.05) is 20.0 Å². The van der Waals surface area contributed by atoms with E-state index in [1.165, 1.54) is 30.9 Å². The highest BCUT2D eigenvalue weighted by atomic mass is 16.2. The quantitative estimate of drug-likeness (QED) is 0.555. The number of carbonyl (C=O) groups is 3. The summed E-state index contributed by atoms with van der Waals surface area (Å²) in [6.45, 7) is 3.79. The maximum Gasteiger partial charge on any atom is 0.309 e. The van der Waals surface area contributed by atoms with Crippen LogP contribution in [0, 0.1) is 0 Å². The second kappa shape index (κ2) is 8.47. The van der Waals surface area contributed by atoms with Gasteiger partial charge in [-0.3, -0.25) is 14.4 Å². The summed E-state index contributed by atoms with van der Waals surface area (Å²) in [4.78, 5) is 34.4. The minimum absolute atomic E-state index is 0.172. The zero-order valence-electron chi connectivity index (χ0n) is 14.3. The van der Waals surface area contributed by atoms with E-state index in [0.29, 0.717) is 6.54 Å². The first-order valence-electron chi connectivity index (χ1n) is 8.42. The Hall–Kier alpha value is -2.37. The number of carbonyl (C=O) groups excluding carboxylic acids is 3. The number of amides is 3. The number of rotatable bonds is 5. The summed E-state index contributed by atoms with van der Waals surface area (Å²) in [5, 5.41) is 7.74. The van der Waals surface area contributed by atoms with E-state index in [1.54, 1.807) is 0 Å². The molecule has 0 bridgehead atoms. The van der Waals surface area contributed by atoms with Crippen molar-refractivity contribution >= 4 is 17.7 Å². The summed E-state index contributed by atoms with van der Waals surface area (Å²) in [5.41, 5.74) is 3.74. The van der Waals surface area contributed by atoms with Crippen LogP contribution in [0.2, 0.25) is 0 Å². The Balaban J connectivity index is 1.84. The molecule has 6 nitrogen and oxygen atoms in total. The Labute approximate surface area is 142 Å². The van der Waals surface area contributed by atoms with Crippen LogP contribution in [0.4, 0.5) is 0 Å². The number of aryl methyl sites for hydroxylation is 2. The highest BCUT2D eigenvalue weighted by Crippen LogP contribution is 2.24. The number of hydrogen-bond donors (Lipinski definition) is 3. The number of benzene rings is 1. The van der Waals surface area contributed by atoms with Crippen LogP contribution in [0.1, 0.15) is 49.4 Å². The fraction of sp³-hybridized carbons (Fsp3) is 0.500. The normalized spacial score (nSPS) is 14.2. The van der Waals surface area contributed by atoms with Crippen LogP contribution in [0.25, 0.3) is 0 Å². The van der Waals surface area contributed by atoms with Gasteiger partial charge in [-0.2, -0.15) is 0 Å². The molecule has 1 aromatic carbocycles. The fourth-order valence-electron chi connectivity index (χ4n) is 2.86. The maximum absolute atomic E-state index is 11.9. The molecule has 1 unspecified atom stereocenters. The van der Waals surface area contributed by atoms with Crippen molar-refractivity contribution in [3.63, 3.8) is 0 Å². The van der Waals surface area contributed by atoms with E-state index in [-0.39, 0.29) is 18.5 Å². The summed E-state index contributed by atoms with van der Waals surface area (Å²) >= 11 is 0. The van der Waals surface area contributed by atoms with Crippen molar-refractivity contribution < 1.29 is 14.4 Å². The van der Waals surface area contributed by atoms with Crippen LogP contribution in [-0.4, -0.2) is 30.8 Å². The van der Waals surface area contributed by atoms with E-state index >= 15 is 0 Å². The number of nitrogens with one attached hydrogen (secondary N) is 3. The zero-order chi connectivity index (χ0) is 17.5. The lowest BCUT2D eigenvalue weighted by Crippen LogP contribution is -2.43. The molecule has 0 aromatic heterocycles. The average molecular weight is 331 g/mol. The van der Waals surface area contributed by atoms with E-state index < -0.39 is 11.8 Å². The van der Waals surface area contributed by atoms with Crippen molar-refractivity contribution in [2.24, 2.45) is 0 Å². The van der Waals surface area contributed by atoms with E-state index in [0.717, 1.165) is 18.4 Å². The van der Waals surface area contributed by atoms with Crippen LogP contribution in [0.15, 0.2) is 18.2 Å². The first-order valence-corrected chi connectivity index (χ1v) is 8.42. The van der Waals surface area contributed by atoms with Gasteiger partial charge < -0.3 is 16.0 Å². The number of hydrogen-bond acceptors (Lipinski definition) is 3. The van der Waals surface area contributed by atoms with E-state index in [9.17, 15) is 14.4 Å². The number of fused-ring (bicyclic) bond motifs is 1. The summed E-state index contributed by atoms with van der Waals surface area (Å²) in [6, 6.07) is 6.04. The Kier molecular flexibility index (Phi) is 6.35. The van der Waals surface area contributed by atoms with Gasteiger partial charge >= 0.3 is 11.8 Å². The lowest BCUT2D eigenvalue weighted by molar-refractivity contribution is -0.139. The molecule has 2 rings (SSSR count). The molecule has 0 saturated carbocycles. The average Bonchev–Trinajstić information content (AvgIpc) is 2.57. The molecule has 24 heavy (non-hydrogen) atoms. The molecule has 0 spiro atoms. The SMILES string of the molecule is CC(=O)NCCNC(=O)C(=O)NC(C)c1ccc2c(c1)CCCC2. The Bertz CT molecular complexity index is 628. The largest absolute Gasteiger partial charge is 0.355 e. The van der Waals surface area contributed by atoms with E-state index in [1.807, 2.05) is 13.0 Å². The highest BCUT2D eigenvalue weighted by molar-refractivity contribution is 6.35. The molecule has 0 heterocycles. The van der Waals surface area contributed by atoms with Gasteiger partial charge in [-0.1, -0.05) is 18.2 Å². The Morgan fingerprint density at radius 2 is 1.67 bits per heavy atom. The molecule has 3 amide bonds. The molecule has 0 fully saturated rings. The zero-order valence-corrected chi connectivity index (χ0v) is 14.3. The first kappa shape index (κ1) is 18.0. The minimum Gasteiger partial charge on any atom is -0.355 e. The van der Waals surface area contributed by atoms with Crippen LogP contribution in [0.3, 0.4) is 0 Å². The monoisotopic (exact) mass is 331 g/mol. The molecule has 1 aromatic rings. The third-order valence-electron chi connectivity index (χ3n) is 4.21. The maximum atomic E-state index is 11.9. The van der Waals surface area contributed by atoms with Crippen LogP contribution in [-0.2, 0) is 27.2 Å². The third-order valence-corrected chi connectivity index (χ3v) is 4.21. The fourth-order valence-corrected chi connectivity index (χ4v) is 2.86. The van der Waals surface area contributed by atoms with Crippen molar-refractivity contribution in [1.82, 2.24) is 16.0 Å². The molecule has 1 aliphatic carbocycles. The molecule has 0 aliphatic heterocycles. The molecule has 0 radical (unpaired) electrons. The molecule has 6 heteroatoms. The summed E-state index contributed by atoms with van der Waals surface area (Å²) in [7, 11) is 0. The van der Waals surface area contributed by atoms with Crippen LogP contribution >= 0.6 is 0 Å². The Morgan fingerprint density at radius 1 is 1.00 bits per heavy atom. The van der Waals surface area contributed by atoms with Gasteiger partial charge in [0.25, 0.3) is 0 Å². The smallest absolute Gasteiger partial charge is 0.309 e. The minimum atomic E-state index is -0.690. The summed E-state index contributed by atoms with van der Waals surface area (Å²) in [5.74, 6) is -1.53. The standard InChI is InChI=1S/C18H25N3O3/c1-12(15-8-7-14-5-3-4-6-16(14)11-15)21-18(24)17(23)20-10-9-19-13(2)22/h7-8,11-12H,3-6,9-10H2,1-2H3,(H,19,22)(H,20,23)(H,21,24).